The first-order valence-corrected chi connectivity index (χ1v) is 9.72. The lowest BCUT2D eigenvalue weighted by Crippen LogP contribution is -2.32. The van der Waals surface area contributed by atoms with Gasteiger partial charge in [-0.2, -0.15) is 0 Å². The number of hydrogen-bond donors (Lipinski definition) is 2. The average molecular weight is 385 g/mol. The van der Waals surface area contributed by atoms with E-state index >= 15 is 0 Å². The van der Waals surface area contributed by atoms with E-state index in [1.807, 2.05) is 80.7 Å². The highest BCUT2D eigenvalue weighted by Gasteiger charge is 2.19. The van der Waals surface area contributed by atoms with Crippen molar-refractivity contribution in [3.63, 3.8) is 0 Å². The molecule has 2 aliphatic rings. The van der Waals surface area contributed by atoms with Crippen LogP contribution in [-0.4, -0.2) is 24.0 Å². The van der Waals surface area contributed by atoms with Crippen LogP contribution in [0.3, 0.4) is 0 Å². The van der Waals surface area contributed by atoms with Crippen molar-refractivity contribution < 1.29 is 9.53 Å². The summed E-state index contributed by atoms with van der Waals surface area (Å²) < 4.78 is 5.85. The van der Waals surface area contributed by atoms with Gasteiger partial charge in [0.1, 0.15) is 5.75 Å². The van der Waals surface area contributed by atoms with E-state index in [-0.39, 0.29) is 5.91 Å². The molecule has 0 aromatic heterocycles. The van der Waals surface area contributed by atoms with Crippen molar-refractivity contribution >= 4 is 28.2 Å². The van der Waals surface area contributed by atoms with Crippen molar-refractivity contribution in [1.82, 2.24) is 4.98 Å². The van der Waals surface area contributed by atoms with E-state index < -0.39 is 6.10 Å². The minimum atomic E-state index is -0.569. The molecule has 1 heterocycles. The SMILES string of the molecule is CCC(Oc1ccccc1)C(=O)Nc1cccc2c3cccc(NC)c3nc-2c1. The molecule has 1 atom stereocenters. The van der Waals surface area contributed by atoms with E-state index in [9.17, 15) is 4.79 Å². The zero-order valence-electron chi connectivity index (χ0n) is 16.5. The largest absolute Gasteiger partial charge is 0.481 e. The third kappa shape index (κ3) is 3.85. The van der Waals surface area contributed by atoms with Crippen molar-refractivity contribution in [2.75, 3.05) is 17.7 Å². The molecule has 2 aromatic rings. The van der Waals surface area contributed by atoms with E-state index in [0.717, 1.165) is 27.8 Å². The number of nitrogens with one attached hydrogen (secondary N) is 2. The van der Waals surface area contributed by atoms with Crippen molar-refractivity contribution in [2.45, 2.75) is 19.4 Å². The number of aromatic nitrogens is 1. The standard InChI is InChI=1S/C24H23N3O2/c1-3-22(29-17-10-5-4-6-11-17)24(28)26-16-9-7-12-18-19-13-8-14-20(25-2)23(19)27-21(18)15-16/h4-15,22,25H,3H2,1-2H3,(H,26,28). The lowest BCUT2D eigenvalue weighted by molar-refractivity contribution is -0.122. The van der Waals surface area contributed by atoms with Gasteiger partial charge >= 0.3 is 0 Å². The Morgan fingerprint density at radius 2 is 1.83 bits per heavy atom. The van der Waals surface area contributed by atoms with Crippen molar-refractivity contribution in [3.8, 4) is 17.0 Å². The third-order valence-electron chi connectivity index (χ3n) is 4.89. The van der Waals surface area contributed by atoms with Crippen molar-refractivity contribution in [3.05, 3.63) is 72.8 Å². The number of fused-ring (bicyclic) bond motifs is 3. The molecule has 2 N–H and O–H groups in total. The fraction of sp³-hybridized carbons (Fsp3) is 0.167. The summed E-state index contributed by atoms with van der Waals surface area (Å²) >= 11 is 0. The maximum atomic E-state index is 12.8. The number of amides is 1. The smallest absolute Gasteiger partial charge is 0.265 e. The van der Waals surface area contributed by atoms with E-state index in [1.165, 1.54) is 0 Å². The molecular formula is C24H23N3O2. The highest BCUT2D eigenvalue weighted by Crippen LogP contribution is 2.35. The Labute approximate surface area is 170 Å². The Morgan fingerprint density at radius 1 is 1.03 bits per heavy atom. The van der Waals surface area contributed by atoms with Crippen LogP contribution in [0.4, 0.5) is 11.4 Å². The molecule has 1 aliphatic heterocycles. The second-order valence-corrected chi connectivity index (χ2v) is 6.80. The Balaban J connectivity index is 1.61. The van der Waals surface area contributed by atoms with Crippen LogP contribution in [0.2, 0.25) is 0 Å². The summed E-state index contributed by atoms with van der Waals surface area (Å²) in [5, 5.41) is 7.24. The van der Waals surface area contributed by atoms with Crippen LogP contribution in [0.1, 0.15) is 13.3 Å². The summed E-state index contributed by atoms with van der Waals surface area (Å²) in [6.45, 7) is 1.93. The minimum absolute atomic E-state index is 0.178. The quantitative estimate of drug-likeness (QED) is 0.480. The Bertz CT molecular complexity index is 1110. The Hall–Kier alpha value is -3.60. The number of ether oxygens (including phenoxy) is 1. The molecule has 1 amide bonds. The predicted molar refractivity (Wildman–Crippen MR) is 118 cm³/mol. The molecule has 0 saturated heterocycles. The summed E-state index contributed by atoms with van der Waals surface area (Å²) in [6.07, 6.45) is 0.0000632. The van der Waals surface area contributed by atoms with Gasteiger partial charge in [-0.1, -0.05) is 49.4 Å². The number of para-hydroxylation sites is 2. The summed E-state index contributed by atoms with van der Waals surface area (Å²) in [5.41, 5.74) is 4.47. The van der Waals surface area contributed by atoms with Gasteiger partial charge in [0.2, 0.25) is 0 Å². The molecule has 0 saturated carbocycles. The first-order chi connectivity index (χ1) is 14.2. The van der Waals surface area contributed by atoms with Crippen LogP contribution in [-0.2, 0) is 4.79 Å². The topological polar surface area (TPSA) is 63.2 Å². The number of nitrogens with zero attached hydrogens (tertiary/aromatic N) is 1. The van der Waals surface area contributed by atoms with Gasteiger partial charge in [0.15, 0.2) is 6.10 Å². The van der Waals surface area contributed by atoms with E-state index in [4.69, 9.17) is 9.72 Å². The number of hydrogen-bond acceptors (Lipinski definition) is 4. The minimum Gasteiger partial charge on any atom is -0.481 e. The first-order valence-electron chi connectivity index (χ1n) is 9.72. The van der Waals surface area contributed by atoms with Crippen LogP contribution < -0.4 is 15.4 Å². The fourth-order valence-electron chi connectivity index (χ4n) is 3.42. The predicted octanol–water partition coefficient (Wildman–Crippen LogP) is 5.18. The van der Waals surface area contributed by atoms with Gasteiger partial charge in [0.05, 0.1) is 16.9 Å². The maximum absolute atomic E-state index is 12.8. The Kier molecular flexibility index (Phi) is 5.29. The zero-order chi connectivity index (χ0) is 20.2. The highest BCUT2D eigenvalue weighted by atomic mass is 16.5. The van der Waals surface area contributed by atoms with Crippen molar-refractivity contribution in [2.24, 2.45) is 0 Å². The highest BCUT2D eigenvalue weighted by molar-refractivity contribution is 6.04. The number of anilines is 2. The van der Waals surface area contributed by atoms with Gasteiger partial charge in [-0.15, -0.1) is 0 Å². The van der Waals surface area contributed by atoms with Crippen LogP contribution in [0, 0.1) is 0 Å². The number of benzene rings is 2. The number of carbonyl (C=O) groups excluding carboxylic acids is 1. The van der Waals surface area contributed by atoms with Crippen LogP contribution >= 0.6 is 0 Å². The summed E-state index contributed by atoms with van der Waals surface area (Å²) in [7, 11) is 1.89. The van der Waals surface area contributed by atoms with E-state index in [2.05, 4.69) is 16.7 Å². The molecule has 4 rings (SSSR count). The number of carbonyl (C=O) groups is 1. The average Bonchev–Trinajstić information content (AvgIpc) is 2.97. The monoisotopic (exact) mass is 385 g/mol. The first kappa shape index (κ1) is 18.7. The molecule has 0 spiro atoms. The fourth-order valence-corrected chi connectivity index (χ4v) is 3.42. The molecule has 1 unspecified atom stereocenters. The molecule has 0 bridgehead atoms. The van der Waals surface area contributed by atoms with Crippen LogP contribution in [0.5, 0.6) is 5.75 Å². The molecule has 146 valence electrons. The van der Waals surface area contributed by atoms with E-state index in [1.54, 1.807) is 0 Å². The van der Waals surface area contributed by atoms with Crippen LogP contribution in [0.15, 0.2) is 72.8 Å². The normalized spacial score (nSPS) is 11.9. The second-order valence-electron chi connectivity index (χ2n) is 6.80. The van der Waals surface area contributed by atoms with Gasteiger partial charge in [-0.05, 0) is 36.8 Å². The van der Waals surface area contributed by atoms with Gasteiger partial charge in [-0.25, -0.2) is 4.98 Å². The maximum Gasteiger partial charge on any atom is 0.265 e. The van der Waals surface area contributed by atoms with Gasteiger partial charge in [-0.3, -0.25) is 4.79 Å². The third-order valence-corrected chi connectivity index (χ3v) is 4.89. The Morgan fingerprint density at radius 3 is 2.59 bits per heavy atom. The molecule has 1 aliphatic carbocycles. The summed E-state index contributed by atoms with van der Waals surface area (Å²) in [5.74, 6) is 0.502. The van der Waals surface area contributed by atoms with Crippen LogP contribution in [0.25, 0.3) is 22.2 Å². The van der Waals surface area contributed by atoms with Gasteiger partial charge in [0, 0.05) is 23.7 Å². The molecule has 0 fully saturated rings. The summed E-state index contributed by atoms with van der Waals surface area (Å²) in [6, 6.07) is 23.2. The van der Waals surface area contributed by atoms with Gasteiger partial charge < -0.3 is 15.4 Å². The molecular weight excluding hydrogens is 362 g/mol. The summed E-state index contributed by atoms with van der Waals surface area (Å²) in [4.78, 5) is 17.6. The van der Waals surface area contributed by atoms with E-state index in [0.29, 0.717) is 17.9 Å². The van der Waals surface area contributed by atoms with Gasteiger partial charge in [0.25, 0.3) is 5.91 Å². The lowest BCUT2D eigenvalue weighted by Gasteiger charge is -2.17. The van der Waals surface area contributed by atoms with Crippen molar-refractivity contribution in [1.29, 1.82) is 0 Å². The lowest BCUT2D eigenvalue weighted by atomic mass is 10.1. The zero-order valence-corrected chi connectivity index (χ0v) is 16.5. The molecule has 0 radical (unpaired) electrons. The molecule has 29 heavy (non-hydrogen) atoms. The molecule has 5 nitrogen and oxygen atoms in total. The second kappa shape index (κ2) is 8.19. The molecule has 2 aromatic carbocycles. The number of rotatable bonds is 6. The molecule has 5 heteroatoms.